The summed E-state index contributed by atoms with van der Waals surface area (Å²) < 4.78 is 7.71. The third-order valence-corrected chi connectivity index (χ3v) is 5.11. The fourth-order valence-corrected chi connectivity index (χ4v) is 3.68. The minimum atomic E-state index is 0.502. The van der Waals surface area contributed by atoms with Gasteiger partial charge in [-0.05, 0) is 17.7 Å². The van der Waals surface area contributed by atoms with Gasteiger partial charge in [0.25, 0.3) is 0 Å². The van der Waals surface area contributed by atoms with Crippen LogP contribution in [0, 0.1) is 0 Å². The van der Waals surface area contributed by atoms with E-state index in [1.165, 1.54) is 17.7 Å². The molecule has 0 radical (unpaired) electrons. The van der Waals surface area contributed by atoms with Crippen LogP contribution in [0.25, 0.3) is 5.52 Å². The Bertz CT molecular complexity index is 1220. The van der Waals surface area contributed by atoms with Crippen LogP contribution in [0.3, 0.4) is 0 Å². The van der Waals surface area contributed by atoms with Gasteiger partial charge in [0.2, 0.25) is 0 Å². The molecule has 0 unspecified atom stereocenters. The van der Waals surface area contributed by atoms with Gasteiger partial charge in [0.05, 0.1) is 11.9 Å². The normalized spacial score (nSPS) is 10.9. The van der Waals surface area contributed by atoms with Crippen molar-refractivity contribution in [2.45, 2.75) is 6.61 Å². The molecule has 29 heavy (non-hydrogen) atoms. The van der Waals surface area contributed by atoms with E-state index in [4.69, 9.17) is 4.74 Å². The van der Waals surface area contributed by atoms with E-state index in [0.29, 0.717) is 12.4 Å². The van der Waals surface area contributed by atoms with E-state index in [1.54, 1.807) is 23.2 Å². The minimum Gasteiger partial charge on any atom is -0.489 e. The summed E-state index contributed by atoms with van der Waals surface area (Å²) in [5.41, 5.74) is 2.80. The number of fused-ring (bicyclic) bond motifs is 1. The van der Waals surface area contributed by atoms with Crippen LogP contribution in [0.1, 0.15) is 5.56 Å². The minimum absolute atomic E-state index is 0.502. The fourth-order valence-electron chi connectivity index (χ4n) is 3.02. The quantitative estimate of drug-likeness (QED) is 0.414. The van der Waals surface area contributed by atoms with E-state index < -0.39 is 0 Å². The van der Waals surface area contributed by atoms with Gasteiger partial charge in [-0.2, -0.15) is 5.10 Å². The Morgan fingerprint density at radius 1 is 1.03 bits per heavy atom. The van der Waals surface area contributed by atoms with Crippen LogP contribution >= 0.6 is 11.3 Å². The SMILES string of the molecule is c1ccc(COc2cccc(N(c3nccs3)c3ncnn4cncc34)c2)cc1. The van der Waals surface area contributed by atoms with E-state index in [0.717, 1.165) is 27.6 Å². The molecule has 3 heterocycles. The van der Waals surface area contributed by atoms with Crippen LogP contribution in [-0.2, 0) is 6.61 Å². The zero-order valence-electron chi connectivity index (χ0n) is 15.3. The summed E-state index contributed by atoms with van der Waals surface area (Å²) in [5.74, 6) is 1.47. The van der Waals surface area contributed by atoms with Crippen LogP contribution < -0.4 is 9.64 Å². The molecule has 0 spiro atoms. The maximum Gasteiger partial charge on any atom is 0.195 e. The highest BCUT2D eigenvalue weighted by molar-refractivity contribution is 7.13. The predicted molar refractivity (Wildman–Crippen MR) is 112 cm³/mol. The third kappa shape index (κ3) is 3.53. The summed E-state index contributed by atoms with van der Waals surface area (Å²) in [6, 6.07) is 18.0. The number of ether oxygens (including phenoxy) is 1. The fraction of sp³-hybridized carbons (Fsp3) is 0.0476. The largest absolute Gasteiger partial charge is 0.489 e. The van der Waals surface area contributed by atoms with Crippen molar-refractivity contribution in [3.05, 3.63) is 90.6 Å². The van der Waals surface area contributed by atoms with Crippen LogP contribution in [0.15, 0.2) is 85.0 Å². The smallest absolute Gasteiger partial charge is 0.195 e. The van der Waals surface area contributed by atoms with Gasteiger partial charge in [0, 0.05) is 17.6 Å². The van der Waals surface area contributed by atoms with Gasteiger partial charge in [-0.1, -0.05) is 36.4 Å². The van der Waals surface area contributed by atoms with E-state index in [1.807, 2.05) is 64.9 Å². The molecule has 5 aromatic rings. The number of anilines is 3. The number of hydrogen-bond donors (Lipinski definition) is 0. The molecule has 3 aromatic heterocycles. The van der Waals surface area contributed by atoms with Crippen molar-refractivity contribution in [3.63, 3.8) is 0 Å². The standard InChI is InChI=1S/C21H16N6OS/c1-2-5-16(6-3-1)13-28-18-8-4-7-17(11-18)27(21-23-9-10-29-21)20-19-12-22-15-26(19)25-14-24-20/h1-12,14-15H,13H2. The summed E-state index contributed by atoms with van der Waals surface area (Å²) in [5, 5.41) is 6.95. The summed E-state index contributed by atoms with van der Waals surface area (Å²) in [4.78, 5) is 15.2. The van der Waals surface area contributed by atoms with Gasteiger partial charge in [-0.15, -0.1) is 11.3 Å². The van der Waals surface area contributed by atoms with Crippen molar-refractivity contribution < 1.29 is 4.74 Å². The van der Waals surface area contributed by atoms with Gasteiger partial charge in [-0.3, -0.25) is 4.90 Å². The molecule has 2 aromatic carbocycles. The highest BCUT2D eigenvalue weighted by Crippen LogP contribution is 2.37. The van der Waals surface area contributed by atoms with E-state index >= 15 is 0 Å². The highest BCUT2D eigenvalue weighted by Gasteiger charge is 2.20. The molecular weight excluding hydrogens is 384 g/mol. The molecule has 142 valence electrons. The number of benzene rings is 2. The highest BCUT2D eigenvalue weighted by atomic mass is 32.1. The van der Waals surface area contributed by atoms with Crippen molar-refractivity contribution in [3.8, 4) is 5.75 Å². The van der Waals surface area contributed by atoms with E-state index in [2.05, 4.69) is 20.1 Å². The van der Waals surface area contributed by atoms with Crippen molar-refractivity contribution >= 4 is 33.5 Å². The Balaban J connectivity index is 1.53. The molecule has 0 saturated carbocycles. The summed E-state index contributed by atoms with van der Waals surface area (Å²) in [7, 11) is 0. The average molecular weight is 400 g/mol. The van der Waals surface area contributed by atoms with E-state index in [9.17, 15) is 0 Å². The lowest BCUT2D eigenvalue weighted by Gasteiger charge is -2.22. The Hall–Kier alpha value is -3.78. The lowest BCUT2D eigenvalue weighted by Crippen LogP contribution is -2.13. The molecule has 0 aliphatic rings. The second-order valence-electron chi connectivity index (χ2n) is 6.23. The zero-order chi connectivity index (χ0) is 19.5. The van der Waals surface area contributed by atoms with Crippen LogP contribution in [-0.4, -0.2) is 24.6 Å². The van der Waals surface area contributed by atoms with Crippen molar-refractivity contribution in [1.82, 2.24) is 24.6 Å². The van der Waals surface area contributed by atoms with Gasteiger partial charge < -0.3 is 4.74 Å². The molecule has 5 rings (SSSR count). The molecule has 0 N–H and O–H groups in total. The summed E-state index contributed by atoms with van der Waals surface area (Å²) in [6.45, 7) is 0.502. The number of nitrogens with zero attached hydrogens (tertiary/aromatic N) is 6. The second kappa shape index (κ2) is 7.69. The first kappa shape index (κ1) is 17.3. The maximum atomic E-state index is 6.01. The second-order valence-corrected chi connectivity index (χ2v) is 7.10. The van der Waals surface area contributed by atoms with Gasteiger partial charge in [0.15, 0.2) is 10.9 Å². The molecule has 0 aliphatic carbocycles. The molecule has 7 nitrogen and oxygen atoms in total. The molecule has 0 amide bonds. The lowest BCUT2D eigenvalue weighted by molar-refractivity contribution is 0.306. The van der Waals surface area contributed by atoms with Gasteiger partial charge in [-0.25, -0.2) is 19.5 Å². The third-order valence-electron chi connectivity index (χ3n) is 4.35. The number of imidazole rings is 1. The van der Waals surface area contributed by atoms with E-state index in [-0.39, 0.29) is 0 Å². The predicted octanol–water partition coefficient (Wildman–Crippen LogP) is 4.63. The number of thiazole rings is 1. The van der Waals surface area contributed by atoms with Crippen LogP contribution in [0.2, 0.25) is 0 Å². The average Bonchev–Trinajstić information content (AvgIpc) is 3.46. The van der Waals surface area contributed by atoms with Crippen molar-refractivity contribution in [2.24, 2.45) is 0 Å². The van der Waals surface area contributed by atoms with Gasteiger partial charge >= 0.3 is 0 Å². The Morgan fingerprint density at radius 2 is 1.97 bits per heavy atom. The molecule has 0 bridgehead atoms. The monoisotopic (exact) mass is 400 g/mol. The molecular formula is C21H16N6OS. The summed E-state index contributed by atoms with van der Waals surface area (Å²) >= 11 is 1.53. The summed E-state index contributed by atoms with van der Waals surface area (Å²) in [6.07, 6.45) is 6.68. The molecule has 8 heteroatoms. The van der Waals surface area contributed by atoms with Crippen molar-refractivity contribution in [2.75, 3.05) is 4.90 Å². The zero-order valence-corrected chi connectivity index (χ0v) is 16.1. The Labute approximate surface area is 170 Å². The topological polar surface area (TPSA) is 68.4 Å². The first-order valence-electron chi connectivity index (χ1n) is 8.98. The molecule has 0 fully saturated rings. The Kier molecular flexibility index (Phi) is 4.59. The first-order chi connectivity index (χ1) is 14.4. The first-order valence-corrected chi connectivity index (χ1v) is 9.86. The maximum absolute atomic E-state index is 6.01. The molecule has 0 saturated heterocycles. The number of rotatable bonds is 6. The van der Waals surface area contributed by atoms with Gasteiger partial charge in [0.1, 0.15) is 30.5 Å². The van der Waals surface area contributed by atoms with Crippen LogP contribution in [0.4, 0.5) is 16.6 Å². The molecule has 0 atom stereocenters. The number of aromatic nitrogens is 5. The molecule has 0 aliphatic heterocycles. The lowest BCUT2D eigenvalue weighted by atomic mass is 10.2. The Morgan fingerprint density at radius 3 is 2.83 bits per heavy atom. The van der Waals surface area contributed by atoms with Crippen LogP contribution in [0.5, 0.6) is 5.75 Å². The number of hydrogen-bond acceptors (Lipinski definition) is 7. The van der Waals surface area contributed by atoms with Crippen molar-refractivity contribution in [1.29, 1.82) is 0 Å².